The molecule has 4 nitrogen and oxygen atoms in total. The largest absolute Gasteiger partial charge is 0.496 e. The van der Waals surface area contributed by atoms with Crippen LogP contribution in [0.3, 0.4) is 0 Å². The van der Waals surface area contributed by atoms with E-state index in [1.54, 1.807) is 0 Å². The van der Waals surface area contributed by atoms with Gasteiger partial charge in [-0.15, -0.1) is 0 Å². The summed E-state index contributed by atoms with van der Waals surface area (Å²) in [5.41, 5.74) is 1.33. The van der Waals surface area contributed by atoms with Crippen LogP contribution in [0.15, 0.2) is 18.5 Å². The molecule has 6 heteroatoms. The van der Waals surface area contributed by atoms with Gasteiger partial charge >= 0.3 is 7.12 Å². The number of hydrogen-bond acceptors (Lipinski definition) is 4. The Morgan fingerprint density at radius 1 is 1.08 bits per heavy atom. The molecule has 0 radical (unpaired) electrons. The van der Waals surface area contributed by atoms with Crippen LogP contribution in [0.1, 0.15) is 54.0 Å². The van der Waals surface area contributed by atoms with Crippen molar-refractivity contribution in [2.45, 2.75) is 84.4 Å². The summed E-state index contributed by atoms with van der Waals surface area (Å²) in [6.45, 7) is 20.1. The molecule has 0 aromatic carbocycles. The second kappa shape index (κ2) is 6.24. The van der Waals surface area contributed by atoms with E-state index in [0.29, 0.717) is 6.61 Å². The summed E-state index contributed by atoms with van der Waals surface area (Å²) in [6.07, 6.45) is 3.68. The molecule has 0 atom stereocenters. The van der Waals surface area contributed by atoms with Gasteiger partial charge in [-0.3, -0.25) is 4.98 Å². The molecule has 0 spiro atoms. The normalized spacial score (nSPS) is 20.5. The first-order valence-electron chi connectivity index (χ1n) is 8.69. The first-order chi connectivity index (χ1) is 10.8. The van der Waals surface area contributed by atoms with Crippen LogP contribution in [0, 0.1) is 0 Å². The van der Waals surface area contributed by atoms with Crippen LogP contribution in [0.25, 0.3) is 0 Å². The van der Waals surface area contributed by atoms with Gasteiger partial charge in [-0.05, 0) is 51.4 Å². The Balaban J connectivity index is 2.11. The summed E-state index contributed by atoms with van der Waals surface area (Å²) in [4.78, 5) is 4.36. The van der Waals surface area contributed by atoms with Gasteiger partial charge in [0.25, 0.3) is 0 Å². The fraction of sp³-hybridized carbons (Fsp3) is 0.722. The monoisotopic (exact) mass is 349 g/mol. The minimum absolute atomic E-state index is 0.198. The number of aromatic nitrogens is 1. The second-order valence-corrected chi connectivity index (χ2v) is 14.1. The molecular weight excluding hydrogens is 317 g/mol. The van der Waals surface area contributed by atoms with E-state index in [9.17, 15) is 0 Å². The SMILES string of the molecule is CC1(C)OB(c2cncc(CO[Si](C)(C)C(C)(C)C)c2)OC1(C)C. The highest BCUT2D eigenvalue weighted by Gasteiger charge is 2.51. The zero-order chi connectivity index (χ0) is 18.4. The molecule has 134 valence electrons. The number of hydrogen-bond donors (Lipinski definition) is 0. The summed E-state index contributed by atoms with van der Waals surface area (Å²) < 4.78 is 18.5. The molecule has 0 unspecified atom stereocenters. The van der Waals surface area contributed by atoms with E-state index in [1.807, 2.05) is 12.4 Å². The highest BCUT2D eigenvalue weighted by molar-refractivity contribution is 6.74. The third-order valence-electron chi connectivity index (χ3n) is 5.75. The third-order valence-corrected chi connectivity index (χ3v) is 10.2. The minimum atomic E-state index is -1.77. The maximum Gasteiger partial charge on any atom is 0.496 e. The van der Waals surface area contributed by atoms with Gasteiger partial charge in [0, 0.05) is 17.9 Å². The average Bonchev–Trinajstić information content (AvgIpc) is 2.64. The van der Waals surface area contributed by atoms with Crippen molar-refractivity contribution in [3.05, 3.63) is 24.0 Å². The van der Waals surface area contributed by atoms with Crippen LogP contribution in [-0.4, -0.2) is 31.6 Å². The Labute approximate surface area is 148 Å². The fourth-order valence-corrected chi connectivity index (χ4v) is 3.14. The van der Waals surface area contributed by atoms with E-state index in [4.69, 9.17) is 13.7 Å². The summed E-state index contributed by atoms with van der Waals surface area (Å²) in [6, 6.07) is 2.09. The van der Waals surface area contributed by atoms with Crippen molar-refractivity contribution in [2.24, 2.45) is 0 Å². The quantitative estimate of drug-likeness (QED) is 0.773. The predicted molar refractivity (Wildman–Crippen MR) is 102 cm³/mol. The van der Waals surface area contributed by atoms with Crippen LogP contribution in [0.4, 0.5) is 0 Å². The van der Waals surface area contributed by atoms with Gasteiger partial charge in [0.1, 0.15) is 0 Å². The number of nitrogens with zero attached hydrogens (tertiary/aromatic N) is 1. The van der Waals surface area contributed by atoms with Crippen molar-refractivity contribution in [3.8, 4) is 0 Å². The van der Waals surface area contributed by atoms with Crippen LogP contribution in [0.2, 0.25) is 18.1 Å². The molecule has 1 saturated heterocycles. The van der Waals surface area contributed by atoms with E-state index < -0.39 is 8.32 Å². The number of rotatable bonds is 4. The van der Waals surface area contributed by atoms with Gasteiger partial charge in [0.15, 0.2) is 8.32 Å². The molecule has 0 aliphatic carbocycles. The third kappa shape index (κ3) is 3.93. The predicted octanol–water partition coefficient (Wildman–Crippen LogP) is 3.90. The Morgan fingerprint density at radius 3 is 2.12 bits per heavy atom. The van der Waals surface area contributed by atoms with E-state index in [2.05, 4.69) is 72.6 Å². The van der Waals surface area contributed by atoms with E-state index in [0.717, 1.165) is 11.0 Å². The van der Waals surface area contributed by atoms with E-state index in [-0.39, 0.29) is 23.4 Å². The molecule has 2 heterocycles. The number of pyridine rings is 1. The Hall–Kier alpha value is -0.688. The molecule has 0 N–H and O–H groups in total. The zero-order valence-corrected chi connectivity index (χ0v) is 17.7. The summed E-state index contributed by atoms with van der Waals surface area (Å²) in [5, 5.41) is 0.198. The topological polar surface area (TPSA) is 40.6 Å². The lowest BCUT2D eigenvalue weighted by Crippen LogP contribution is -2.41. The van der Waals surface area contributed by atoms with Crippen LogP contribution < -0.4 is 5.46 Å². The standard InChI is InChI=1S/C18H32BNO3Si/c1-16(2,3)24(8,9)21-13-14-10-15(12-20-11-14)19-22-17(4,5)18(6,7)23-19/h10-12H,13H2,1-9H3. The van der Waals surface area contributed by atoms with Crippen molar-refractivity contribution in [1.29, 1.82) is 0 Å². The lowest BCUT2D eigenvalue weighted by Gasteiger charge is -2.36. The second-order valence-electron chi connectivity index (χ2n) is 9.26. The maximum absolute atomic E-state index is 6.30. The molecule has 1 aromatic rings. The van der Waals surface area contributed by atoms with Gasteiger partial charge in [-0.2, -0.15) is 0 Å². The minimum Gasteiger partial charge on any atom is -0.413 e. The molecule has 1 aliphatic heterocycles. The van der Waals surface area contributed by atoms with Gasteiger partial charge in [0.05, 0.1) is 17.8 Å². The van der Waals surface area contributed by atoms with Gasteiger partial charge < -0.3 is 13.7 Å². The summed E-state index contributed by atoms with van der Waals surface area (Å²) in [7, 11) is -2.15. The van der Waals surface area contributed by atoms with Crippen molar-refractivity contribution < 1.29 is 13.7 Å². The first kappa shape index (κ1) is 19.6. The van der Waals surface area contributed by atoms with Gasteiger partial charge in [-0.1, -0.05) is 26.8 Å². The smallest absolute Gasteiger partial charge is 0.413 e. The van der Waals surface area contributed by atoms with Gasteiger partial charge in [0.2, 0.25) is 0 Å². The summed E-state index contributed by atoms with van der Waals surface area (Å²) >= 11 is 0. The van der Waals surface area contributed by atoms with Crippen LogP contribution >= 0.6 is 0 Å². The molecule has 2 rings (SSSR count). The van der Waals surface area contributed by atoms with Gasteiger partial charge in [-0.25, -0.2) is 0 Å². The van der Waals surface area contributed by atoms with E-state index in [1.165, 1.54) is 0 Å². The van der Waals surface area contributed by atoms with Crippen molar-refractivity contribution in [3.63, 3.8) is 0 Å². The van der Waals surface area contributed by atoms with Crippen LogP contribution in [-0.2, 0) is 20.3 Å². The molecule has 0 saturated carbocycles. The highest BCUT2D eigenvalue weighted by atomic mass is 28.4. The van der Waals surface area contributed by atoms with Crippen molar-refractivity contribution in [1.82, 2.24) is 4.98 Å². The zero-order valence-electron chi connectivity index (χ0n) is 16.7. The molecule has 0 bridgehead atoms. The molecule has 24 heavy (non-hydrogen) atoms. The Morgan fingerprint density at radius 2 is 1.62 bits per heavy atom. The van der Waals surface area contributed by atoms with E-state index >= 15 is 0 Å². The van der Waals surface area contributed by atoms with Crippen molar-refractivity contribution >= 4 is 20.9 Å². The highest BCUT2D eigenvalue weighted by Crippen LogP contribution is 2.37. The summed E-state index contributed by atoms with van der Waals surface area (Å²) in [5.74, 6) is 0. The molecule has 1 aliphatic rings. The first-order valence-corrected chi connectivity index (χ1v) is 11.6. The van der Waals surface area contributed by atoms with Crippen molar-refractivity contribution in [2.75, 3.05) is 0 Å². The molecule has 0 amide bonds. The van der Waals surface area contributed by atoms with Crippen LogP contribution in [0.5, 0.6) is 0 Å². The maximum atomic E-state index is 6.30. The lowest BCUT2D eigenvalue weighted by atomic mass is 9.80. The average molecular weight is 349 g/mol. The fourth-order valence-electron chi connectivity index (χ4n) is 2.17. The Bertz CT molecular complexity index is 580. The molecule has 1 aromatic heterocycles. The molecular formula is C18H32BNO3Si. The lowest BCUT2D eigenvalue weighted by molar-refractivity contribution is 0.00578. The molecule has 1 fully saturated rings. The Kier molecular flexibility index (Phi) is 5.10.